The number of allylic oxidation sites excluding steroid dienone is 2. The van der Waals surface area contributed by atoms with E-state index in [1.54, 1.807) is 18.2 Å². The number of carbonyl (C=O) groups is 1. The molecule has 0 aromatic heterocycles. The van der Waals surface area contributed by atoms with Gasteiger partial charge in [0.15, 0.2) is 0 Å². The van der Waals surface area contributed by atoms with Crippen molar-refractivity contribution in [3.8, 4) is 0 Å². The predicted molar refractivity (Wildman–Crippen MR) is 93.8 cm³/mol. The number of aliphatic hydroxyl groups is 1. The van der Waals surface area contributed by atoms with Crippen LogP contribution >= 0.6 is 0 Å². The Morgan fingerprint density at radius 2 is 1.65 bits per heavy atom. The summed E-state index contributed by atoms with van der Waals surface area (Å²) in [6, 6.07) is 16.8. The van der Waals surface area contributed by atoms with Crippen LogP contribution in [0.3, 0.4) is 0 Å². The zero-order valence-corrected chi connectivity index (χ0v) is 12.9. The van der Waals surface area contributed by atoms with Gasteiger partial charge in [-0.3, -0.25) is 9.69 Å². The van der Waals surface area contributed by atoms with Gasteiger partial charge in [0.1, 0.15) is 5.76 Å². The highest BCUT2D eigenvalue weighted by molar-refractivity contribution is 6.28. The van der Waals surface area contributed by atoms with Crippen LogP contribution < -0.4 is 4.90 Å². The maximum Gasteiger partial charge on any atom is 0.266 e. The Kier molecular flexibility index (Phi) is 3.85. The van der Waals surface area contributed by atoms with Crippen LogP contribution in [0.1, 0.15) is 18.1 Å². The summed E-state index contributed by atoms with van der Waals surface area (Å²) in [5, 5.41) is 10.1. The molecule has 3 nitrogen and oxygen atoms in total. The van der Waals surface area contributed by atoms with Crippen LogP contribution in [0.25, 0.3) is 11.6 Å². The summed E-state index contributed by atoms with van der Waals surface area (Å²) >= 11 is 0. The second kappa shape index (κ2) is 5.97. The van der Waals surface area contributed by atoms with Gasteiger partial charge >= 0.3 is 0 Å². The SMILES string of the molecule is C=C1C=Cc2ccccc2N1C(=O)/C(=C(\C)O)c1ccccc1. The molecule has 0 saturated heterocycles. The maximum atomic E-state index is 13.1. The predicted octanol–water partition coefficient (Wildman–Crippen LogP) is 4.55. The summed E-state index contributed by atoms with van der Waals surface area (Å²) in [4.78, 5) is 14.7. The second-order valence-corrected chi connectivity index (χ2v) is 5.35. The zero-order valence-electron chi connectivity index (χ0n) is 12.9. The number of aliphatic hydroxyl groups excluding tert-OH is 1. The van der Waals surface area contributed by atoms with E-state index in [-0.39, 0.29) is 17.2 Å². The van der Waals surface area contributed by atoms with E-state index in [1.165, 1.54) is 11.8 Å². The van der Waals surface area contributed by atoms with Gasteiger partial charge in [0.25, 0.3) is 5.91 Å². The Morgan fingerprint density at radius 1 is 1.00 bits per heavy atom. The molecule has 1 aliphatic rings. The molecule has 2 aromatic rings. The summed E-state index contributed by atoms with van der Waals surface area (Å²) in [5.41, 5.74) is 3.23. The molecule has 3 heteroatoms. The normalized spacial score (nSPS) is 14.3. The van der Waals surface area contributed by atoms with Crippen molar-refractivity contribution in [2.75, 3.05) is 4.90 Å². The van der Waals surface area contributed by atoms with E-state index in [9.17, 15) is 9.90 Å². The highest BCUT2D eigenvalue weighted by atomic mass is 16.3. The number of amides is 1. The minimum absolute atomic E-state index is 0.0129. The van der Waals surface area contributed by atoms with Crippen molar-refractivity contribution in [3.05, 3.63) is 89.8 Å². The van der Waals surface area contributed by atoms with E-state index >= 15 is 0 Å². The monoisotopic (exact) mass is 303 g/mol. The van der Waals surface area contributed by atoms with Crippen molar-refractivity contribution >= 4 is 23.2 Å². The number of fused-ring (bicyclic) bond motifs is 1. The summed E-state index contributed by atoms with van der Waals surface area (Å²) in [5.74, 6) is -0.306. The number of hydrogen-bond acceptors (Lipinski definition) is 2. The fourth-order valence-corrected chi connectivity index (χ4v) is 2.69. The largest absolute Gasteiger partial charge is 0.512 e. The third-order valence-electron chi connectivity index (χ3n) is 3.76. The van der Waals surface area contributed by atoms with Crippen molar-refractivity contribution in [3.63, 3.8) is 0 Å². The molecule has 1 N–H and O–H groups in total. The number of para-hydroxylation sites is 1. The van der Waals surface area contributed by atoms with Crippen LogP contribution in [0.5, 0.6) is 0 Å². The molecular weight excluding hydrogens is 286 g/mol. The van der Waals surface area contributed by atoms with Crippen LogP contribution in [-0.2, 0) is 4.79 Å². The van der Waals surface area contributed by atoms with Gasteiger partial charge in [-0.1, -0.05) is 61.2 Å². The lowest BCUT2D eigenvalue weighted by molar-refractivity contribution is -0.113. The fraction of sp³-hybridized carbons (Fsp3) is 0.0500. The van der Waals surface area contributed by atoms with E-state index in [4.69, 9.17) is 0 Å². The van der Waals surface area contributed by atoms with Gasteiger partial charge in [0.05, 0.1) is 11.3 Å². The highest BCUT2D eigenvalue weighted by Crippen LogP contribution is 2.33. The Balaban J connectivity index is 2.10. The highest BCUT2D eigenvalue weighted by Gasteiger charge is 2.27. The van der Waals surface area contributed by atoms with Crippen molar-refractivity contribution in [1.29, 1.82) is 0 Å². The number of anilines is 1. The standard InChI is InChI=1S/C20H17NO2/c1-14-12-13-16-8-6-7-11-18(16)21(14)20(23)19(15(2)22)17-9-4-3-5-10-17/h3-13,22H,1H2,2H3/b19-15+. The average Bonchev–Trinajstić information content (AvgIpc) is 2.55. The molecule has 0 radical (unpaired) electrons. The molecule has 1 aliphatic heterocycles. The Bertz CT molecular complexity index is 828. The van der Waals surface area contributed by atoms with Crippen molar-refractivity contribution in [2.45, 2.75) is 6.92 Å². The lowest BCUT2D eigenvalue weighted by Gasteiger charge is -2.29. The third-order valence-corrected chi connectivity index (χ3v) is 3.76. The third kappa shape index (κ3) is 2.69. The number of hydrogen-bond donors (Lipinski definition) is 1. The number of carbonyl (C=O) groups excluding carboxylic acids is 1. The lowest BCUT2D eigenvalue weighted by atomic mass is 10.00. The quantitative estimate of drug-likeness (QED) is 0.653. The number of rotatable bonds is 2. The smallest absolute Gasteiger partial charge is 0.266 e. The number of benzene rings is 2. The molecule has 3 rings (SSSR count). The molecule has 23 heavy (non-hydrogen) atoms. The molecule has 0 saturated carbocycles. The zero-order chi connectivity index (χ0) is 16.4. The fourth-order valence-electron chi connectivity index (χ4n) is 2.69. The lowest BCUT2D eigenvalue weighted by Crippen LogP contribution is -2.32. The molecule has 114 valence electrons. The van der Waals surface area contributed by atoms with E-state index in [2.05, 4.69) is 6.58 Å². The first-order chi connectivity index (χ1) is 11.1. The van der Waals surface area contributed by atoms with E-state index in [0.29, 0.717) is 11.3 Å². The average molecular weight is 303 g/mol. The van der Waals surface area contributed by atoms with E-state index in [0.717, 1.165) is 11.3 Å². The van der Waals surface area contributed by atoms with Crippen LogP contribution in [0.4, 0.5) is 5.69 Å². The van der Waals surface area contributed by atoms with Crippen LogP contribution in [0.15, 0.2) is 78.7 Å². The first-order valence-electron chi connectivity index (χ1n) is 7.35. The van der Waals surface area contributed by atoms with Gasteiger partial charge in [-0.25, -0.2) is 0 Å². The number of nitrogens with zero attached hydrogens (tertiary/aromatic N) is 1. The molecule has 1 heterocycles. The molecule has 0 atom stereocenters. The van der Waals surface area contributed by atoms with Crippen molar-refractivity contribution in [2.24, 2.45) is 0 Å². The van der Waals surface area contributed by atoms with Gasteiger partial charge in [-0.15, -0.1) is 0 Å². The van der Waals surface area contributed by atoms with Gasteiger partial charge in [0.2, 0.25) is 0 Å². The van der Waals surface area contributed by atoms with E-state index in [1.807, 2.05) is 48.5 Å². The molecule has 0 fully saturated rings. The van der Waals surface area contributed by atoms with Crippen LogP contribution in [-0.4, -0.2) is 11.0 Å². The Hall–Kier alpha value is -3.07. The minimum atomic E-state index is -0.294. The van der Waals surface area contributed by atoms with Crippen LogP contribution in [0.2, 0.25) is 0 Å². The molecular formula is C20H17NO2. The molecule has 0 spiro atoms. The van der Waals surface area contributed by atoms with Crippen molar-refractivity contribution < 1.29 is 9.90 Å². The van der Waals surface area contributed by atoms with Gasteiger partial charge < -0.3 is 5.11 Å². The Morgan fingerprint density at radius 3 is 2.35 bits per heavy atom. The summed E-state index contributed by atoms with van der Waals surface area (Å²) in [6.07, 6.45) is 3.73. The minimum Gasteiger partial charge on any atom is -0.512 e. The first-order valence-corrected chi connectivity index (χ1v) is 7.35. The summed E-state index contributed by atoms with van der Waals surface area (Å²) in [7, 11) is 0. The van der Waals surface area contributed by atoms with E-state index < -0.39 is 0 Å². The Labute approximate surface area is 135 Å². The second-order valence-electron chi connectivity index (χ2n) is 5.35. The van der Waals surface area contributed by atoms with Crippen LogP contribution in [0, 0.1) is 0 Å². The first kappa shape index (κ1) is 14.9. The molecule has 0 aliphatic carbocycles. The van der Waals surface area contributed by atoms with Gasteiger partial charge in [-0.2, -0.15) is 0 Å². The maximum absolute atomic E-state index is 13.1. The molecule has 0 bridgehead atoms. The molecule has 0 unspecified atom stereocenters. The topological polar surface area (TPSA) is 40.5 Å². The van der Waals surface area contributed by atoms with Crippen molar-refractivity contribution in [1.82, 2.24) is 0 Å². The summed E-state index contributed by atoms with van der Waals surface area (Å²) in [6.45, 7) is 5.49. The molecule has 2 aromatic carbocycles. The summed E-state index contributed by atoms with van der Waals surface area (Å²) < 4.78 is 0. The molecule has 1 amide bonds. The van der Waals surface area contributed by atoms with Gasteiger partial charge in [0, 0.05) is 5.70 Å². The van der Waals surface area contributed by atoms with Gasteiger partial charge in [-0.05, 0) is 30.2 Å².